The topological polar surface area (TPSA) is 97.2 Å². The smallest absolute Gasteiger partial charge is 0.347 e. The molecule has 3 heterocycles. The predicted octanol–water partition coefficient (Wildman–Crippen LogP) is 2.84. The average Bonchev–Trinajstić information content (AvgIpc) is 3.32. The minimum Gasteiger partial charge on any atom is -0.347 e. The molecule has 13 heteroatoms. The molecule has 31 heavy (non-hydrogen) atoms. The van der Waals surface area contributed by atoms with Crippen LogP contribution in [0.4, 0.5) is 13.2 Å². The molecule has 0 radical (unpaired) electrons. The van der Waals surface area contributed by atoms with Gasteiger partial charge in [0.1, 0.15) is 4.21 Å². The van der Waals surface area contributed by atoms with Crippen LogP contribution in [-0.2, 0) is 22.7 Å². The first-order valence-corrected chi connectivity index (χ1v) is 11.0. The summed E-state index contributed by atoms with van der Waals surface area (Å²) in [6.07, 6.45) is -2.50. The second-order valence-electron chi connectivity index (χ2n) is 6.65. The van der Waals surface area contributed by atoms with Crippen molar-refractivity contribution in [1.82, 2.24) is 24.4 Å². The Morgan fingerprint density at radius 1 is 1.19 bits per heavy atom. The molecule has 8 nitrogen and oxygen atoms in total. The van der Waals surface area contributed by atoms with Crippen molar-refractivity contribution >= 4 is 27.3 Å². The Bertz CT molecular complexity index is 1200. The minimum absolute atomic E-state index is 0.107. The summed E-state index contributed by atoms with van der Waals surface area (Å²) >= 11 is 1.05. The molecule has 0 aliphatic rings. The molecule has 0 atom stereocenters. The lowest BCUT2D eigenvalue weighted by atomic mass is 10.2. The molecule has 0 fully saturated rings. The largest absolute Gasteiger partial charge is 0.417 e. The Hall–Kier alpha value is -2.77. The van der Waals surface area contributed by atoms with Crippen LogP contribution in [0.2, 0.25) is 0 Å². The van der Waals surface area contributed by atoms with E-state index < -0.39 is 27.7 Å². The second-order valence-corrected chi connectivity index (χ2v) is 10.2. The number of rotatable bonds is 6. The zero-order valence-corrected chi connectivity index (χ0v) is 18.3. The van der Waals surface area contributed by atoms with Crippen LogP contribution in [0.25, 0.3) is 5.82 Å². The molecular weight excluding hydrogens is 455 g/mol. The Morgan fingerprint density at radius 2 is 1.90 bits per heavy atom. The number of nitrogens with one attached hydrogen (secondary N) is 1. The SMILES string of the molecule is Cc1c(C(=O)NCc2ccc(S(=O)(=O)N(C)C)s2)cnn1-c1ccc(C(F)(F)F)cn1. The summed E-state index contributed by atoms with van der Waals surface area (Å²) in [5.41, 5.74) is -0.267. The number of thiophene rings is 1. The van der Waals surface area contributed by atoms with Crippen molar-refractivity contribution in [1.29, 1.82) is 0 Å². The summed E-state index contributed by atoms with van der Waals surface area (Å²) in [5.74, 6) is -0.317. The summed E-state index contributed by atoms with van der Waals surface area (Å²) in [7, 11) is -0.679. The molecule has 0 bridgehead atoms. The maximum Gasteiger partial charge on any atom is 0.417 e. The van der Waals surface area contributed by atoms with Gasteiger partial charge >= 0.3 is 6.18 Å². The van der Waals surface area contributed by atoms with Crippen molar-refractivity contribution in [3.63, 3.8) is 0 Å². The van der Waals surface area contributed by atoms with Gasteiger partial charge in [0.25, 0.3) is 15.9 Å². The Balaban J connectivity index is 1.72. The van der Waals surface area contributed by atoms with Crippen molar-refractivity contribution in [2.45, 2.75) is 23.9 Å². The van der Waals surface area contributed by atoms with Gasteiger partial charge in [0.05, 0.1) is 29.6 Å². The van der Waals surface area contributed by atoms with Crippen LogP contribution in [0.1, 0.15) is 26.5 Å². The number of hydrogen-bond acceptors (Lipinski definition) is 6. The van der Waals surface area contributed by atoms with Gasteiger partial charge in [0.2, 0.25) is 0 Å². The maximum absolute atomic E-state index is 12.7. The summed E-state index contributed by atoms with van der Waals surface area (Å²) in [6, 6.07) is 5.15. The number of carbonyl (C=O) groups is 1. The zero-order chi connectivity index (χ0) is 23.0. The van der Waals surface area contributed by atoms with Gasteiger partial charge in [0, 0.05) is 25.2 Å². The number of sulfonamides is 1. The molecule has 3 rings (SSSR count). The molecule has 3 aromatic heterocycles. The molecule has 1 amide bonds. The number of alkyl halides is 3. The monoisotopic (exact) mass is 473 g/mol. The van der Waals surface area contributed by atoms with Gasteiger partial charge in [-0.15, -0.1) is 11.3 Å². The third-order valence-electron chi connectivity index (χ3n) is 4.34. The Morgan fingerprint density at radius 3 is 2.48 bits per heavy atom. The first-order chi connectivity index (χ1) is 14.4. The van der Waals surface area contributed by atoms with Crippen molar-refractivity contribution in [3.05, 3.63) is 58.4 Å². The van der Waals surface area contributed by atoms with E-state index >= 15 is 0 Å². The zero-order valence-electron chi connectivity index (χ0n) is 16.6. The Kier molecular flexibility index (Phi) is 6.21. The maximum atomic E-state index is 12.7. The lowest BCUT2D eigenvalue weighted by molar-refractivity contribution is -0.137. The van der Waals surface area contributed by atoms with Crippen LogP contribution in [0.15, 0.2) is 40.9 Å². The van der Waals surface area contributed by atoms with Gasteiger partial charge in [-0.25, -0.2) is 22.4 Å². The van der Waals surface area contributed by atoms with Crippen LogP contribution in [-0.4, -0.2) is 47.5 Å². The molecule has 0 aliphatic heterocycles. The van der Waals surface area contributed by atoms with E-state index in [9.17, 15) is 26.4 Å². The number of halogens is 3. The summed E-state index contributed by atoms with van der Waals surface area (Å²) in [6.45, 7) is 1.70. The van der Waals surface area contributed by atoms with Crippen molar-refractivity contribution in [2.24, 2.45) is 0 Å². The normalized spacial score (nSPS) is 12.4. The third-order valence-corrected chi connectivity index (χ3v) is 7.71. The fourth-order valence-electron chi connectivity index (χ4n) is 2.58. The van der Waals surface area contributed by atoms with E-state index in [1.165, 1.54) is 37.1 Å². The highest BCUT2D eigenvalue weighted by atomic mass is 32.2. The van der Waals surface area contributed by atoms with Gasteiger partial charge < -0.3 is 5.32 Å². The molecule has 166 valence electrons. The predicted molar refractivity (Wildman–Crippen MR) is 107 cm³/mol. The van der Waals surface area contributed by atoms with Crippen LogP contribution in [0, 0.1) is 6.92 Å². The molecule has 0 unspecified atom stereocenters. The second kappa shape index (κ2) is 8.40. The quantitative estimate of drug-likeness (QED) is 0.594. The van der Waals surface area contributed by atoms with E-state index in [1.807, 2.05) is 0 Å². The molecule has 0 aromatic carbocycles. The molecule has 0 saturated heterocycles. The van der Waals surface area contributed by atoms with Crippen LogP contribution < -0.4 is 5.32 Å². The van der Waals surface area contributed by atoms with Gasteiger partial charge in [-0.05, 0) is 31.2 Å². The molecule has 0 aliphatic carbocycles. The number of aromatic nitrogens is 3. The summed E-state index contributed by atoms with van der Waals surface area (Å²) in [4.78, 5) is 16.9. The first kappa shape index (κ1) is 22.9. The van der Waals surface area contributed by atoms with Crippen LogP contribution in [0.5, 0.6) is 0 Å². The van der Waals surface area contributed by atoms with Gasteiger partial charge in [0.15, 0.2) is 5.82 Å². The molecule has 0 saturated carbocycles. The highest BCUT2D eigenvalue weighted by Crippen LogP contribution is 2.29. The highest BCUT2D eigenvalue weighted by Gasteiger charge is 2.31. The lowest BCUT2D eigenvalue weighted by Gasteiger charge is -2.09. The highest BCUT2D eigenvalue weighted by molar-refractivity contribution is 7.91. The summed E-state index contributed by atoms with van der Waals surface area (Å²) in [5, 5.41) is 6.72. The van der Waals surface area contributed by atoms with E-state index in [4.69, 9.17) is 0 Å². The fraction of sp³-hybridized carbons (Fsp3) is 0.278. The molecule has 1 N–H and O–H groups in total. The van der Waals surface area contributed by atoms with Crippen LogP contribution >= 0.6 is 11.3 Å². The standard InChI is InChI=1S/C18H18F3N5O3S2/c1-11-14(10-24-26(11)15-6-4-12(8-22-15)18(19,20)21)17(27)23-9-13-5-7-16(30-13)31(28,29)25(2)3/h4-8,10H,9H2,1-3H3,(H,23,27). The van der Waals surface area contributed by atoms with Gasteiger partial charge in [-0.1, -0.05) is 0 Å². The van der Waals surface area contributed by atoms with E-state index in [2.05, 4.69) is 15.4 Å². The lowest BCUT2D eigenvalue weighted by Crippen LogP contribution is -2.23. The minimum atomic E-state index is -4.50. The average molecular weight is 474 g/mol. The fourth-order valence-corrected chi connectivity index (χ4v) is 5.04. The van der Waals surface area contributed by atoms with E-state index in [-0.39, 0.29) is 22.1 Å². The number of nitrogens with zero attached hydrogens (tertiary/aromatic N) is 4. The Labute approximate surface area is 180 Å². The third kappa shape index (κ3) is 4.78. The number of pyridine rings is 1. The van der Waals surface area contributed by atoms with E-state index in [0.29, 0.717) is 16.8 Å². The molecule has 0 spiro atoms. The molecular formula is C18H18F3N5O3S2. The molecule has 3 aromatic rings. The van der Waals surface area contributed by atoms with E-state index in [0.717, 1.165) is 21.7 Å². The van der Waals surface area contributed by atoms with Gasteiger partial charge in [-0.2, -0.15) is 18.3 Å². The van der Waals surface area contributed by atoms with Crippen LogP contribution in [0.3, 0.4) is 0 Å². The number of hydrogen-bond donors (Lipinski definition) is 1. The van der Waals surface area contributed by atoms with E-state index in [1.54, 1.807) is 13.0 Å². The summed E-state index contributed by atoms with van der Waals surface area (Å²) < 4.78 is 64.9. The van der Waals surface area contributed by atoms with Gasteiger partial charge in [-0.3, -0.25) is 4.79 Å². The number of amides is 1. The van der Waals surface area contributed by atoms with Crippen molar-refractivity contribution in [3.8, 4) is 5.82 Å². The van der Waals surface area contributed by atoms with Crippen molar-refractivity contribution in [2.75, 3.05) is 14.1 Å². The number of carbonyl (C=O) groups excluding carboxylic acids is 1. The first-order valence-electron chi connectivity index (χ1n) is 8.79. The van der Waals surface area contributed by atoms with Crippen molar-refractivity contribution < 1.29 is 26.4 Å².